The Labute approximate surface area is 195 Å². The van der Waals surface area contributed by atoms with Crippen molar-refractivity contribution in [3.05, 3.63) is 39.6 Å². The Morgan fingerprint density at radius 1 is 1.35 bits per heavy atom. The molecule has 0 bridgehead atoms. The molecule has 5 N–H and O–H groups in total. The summed E-state index contributed by atoms with van der Waals surface area (Å²) in [6.45, 7) is 4.06. The molecule has 1 aliphatic rings. The van der Waals surface area contributed by atoms with Crippen molar-refractivity contribution in [2.45, 2.75) is 19.8 Å². The Balaban J connectivity index is 0.00000272. The summed E-state index contributed by atoms with van der Waals surface area (Å²) < 4.78 is 0. The topological polar surface area (TPSA) is 129 Å². The smallest absolute Gasteiger partial charge is 0.273 e. The maximum absolute atomic E-state index is 12.9. The number of H-pyrrole nitrogens is 2. The van der Waals surface area contributed by atoms with E-state index < -0.39 is 0 Å². The summed E-state index contributed by atoms with van der Waals surface area (Å²) in [6.07, 6.45) is 2.12. The van der Waals surface area contributed by atoms with Crippen LogP contribution in [0.1, 0.15) is 29.0 Å². The lowest BCUT2D eigenvalue weighted by Crippen LogP contribution is -2.38. The Bertz CT molecular complexity index is 1050. The summed E-state index contributed by atoms with van der Waals surface area (Å²) in [5.41, 5.74) is 9.11. The number of carbonyl (C=O) groups is 1. The fraction of sp³-hybridized carbons (Fsp3) is 0.368. The first-order chi connectivity index (χ1) is 14.5. The van der Waals surface area contributed by atoms with Gasteiger partial charge in [-0.3, -0.25) is 4.79 Å². The first kappa shape index (κ1) is 23.3. The fourth-order valence-corrected chi connectivity index (χ4v) is 4.13. The number of carbonyl (C=O) groups excluding carboxylic acids is 1. The standard InChI is InChI=1S/C19H22Cl2N8O.ClH/c1-10-15(20)16(21)17(23-10)19(30)24-13-5-4-12(18-25-27-28-26-18)7-14(13)29-6-2-3-11(8-22)9-29;/h4-5,7,11,23H,2-3,6,8-9,22H2,1H3,(H,24,30)(H,25,26,27,28);1H. The third-order valence-corrected chi connectivity index (χ3v) is 6.27. The molecular weight excluding hydrogens is 463 g/mol. The molecule has 3 heterocycles. The fourth-order valence-electron chi connectivity index (χ4n) is 3.71. The molecule has 0 saturated carbocycles. The highest BCUT2D eigenvalue weighted by molar-refractivity contribution is 6.44. The van der Waals surface area contributed by atoms with Crippen LogP contribution < -0.4 is 16.0 Å². The van der Waals surface area contributed by atoms with E-state index in [1.807, 2.05) is 18.2 Å². The van der Waals surface area contributed by atoms with E-state index in [0.29, 0.717) is 34.7 Å². The number of nitrogens with zero attached hydrogens (tertiary/aromatic N) is 4. The van der Waals surface area contributed by atoms with E-state index in [9.17, 15) is 4.79 Å². The number of benzene rings is 1. The SMILES string of the molecule is Cc1[nH]c(C(=O)Nc2ccc(-c3nn[nH]n3)cc2N2CCCC(CN)C2)c(Cl)c1Cl.Cl. The Hall–Kier alpha value is -2.33. The molecule has 4 rings (SSSR count). The van der Waals surface area contributed by atoms with Crippen molar-refractivity contribution in [2.75, 3.05) is 29.9 Å². The molecule has 1 atom stereocenters. The zero-order valence-corrected chi connectivity index (χ0v) is 19.1. The minimum atomic E-state index is -0.365. The quantitative estimate of drug-likeness (QED) is 0.436. The average Bonchev–Trinajstić information content (AvgIpc) is 3.39. The normalized spacial score (nSPS) is 16.1. The van der Waals surface area contributed by atoms with E-state index in [1.54, 1.807) is 6.92 Å². The molecule has 1 amide bonds. The number of hydrogen-bond donors (Lipinski definition) is 4. The number of nitrogens with one attached hydrogen (secondary N) is 3. The molecule has 31 heavy (non-hydrogen) atoms. The van der Waals surface area contributed by atoms with Crippen molar-refractivity contribution < 1.29 is 4.79 Å². The number of tetrazole rings is 1. The third kappa shape index (κ3) is 4.79. The van der Waals surface area contributed by atoms with Crippen LogP contribution in [0.3, 0.4) is 0 Å². The summed E-state index contributed by atoms with van der Waals surface area (Å²) in [4.78, 5) is 18.1. The molecular formula is C19H23Cl3N8O. The molecule has 12 heteroatoms. The van der Waals surface area contributed by atoms with Crippen molar-refractivity contribution in [3.8, 4) is 11.4 Å². The number of aromatic amines is 2. The van der Waals surface area contributed by atoms with Crippen LogP contribution in [0.15, 0.2) is 18.2 Å². The van der Waals surface area contributed by atoms with Crippen LogP contribution in [0.5, 0.6) is 0 Å². The van der Waals surface area contributed by atoms with Gasteiger partial charge in [0.15, 0.2) is 0 Å². The molecule has 2 aromatic heterocycles. The third-order valence-electron chi connectivity index (χ3n) is 5.32. The van der Waals surface area contributed by atoms with Crippen LogP contribution in [0, 0.1) is 12.8 Å². The largest absolute Gasteiger partial charge is 0.370 e. The van der Waals surface area contributed by atoms with Gasteiger partial charge in [-0.2, -0.15) is 5.21 Å². The molecule has 0 aliphatic carbocycles. The van der Waals surface area contributed by atoms with Gasteiger partial charge in [-0.15, -0.1) is 22.6 Å². The van der Waals surface area contributed by atoms with Gasteiger partial charge < -0.3 is 20.9 Å². The second kappa shape index (κ2) is 9.86. The molecule has 166 valence electrons. The van der Waals surface area contributed by atoms with E-state index in [1.165, 1.54) is 0 Å². The summed E-state index contributed by atoms with van der Waals surface area (Å²) in [5.74, 6) is 0.516. The second-order valence-corrected chi connectivity index (χ2v) is 8.12. The number of hydrogen-bond acceptors (Lipinski definition) is 6. The van der Waals surface area contributed by atoms with Gasteiger partial charge >= 0.3 is 0 Å². The highest BCUT2D eigenvalue weighted by Crippen LogP contribution is 2.35. The van der Waals surface area contributed by atoms with Crippen molar-refractivity contribution >= 4 is 52.9 Å². The van der Waals surface area contributed by atoms with Gasteiger partial charge in [-0.05, 0) is 55.6 Å². The number of aromatic nitrogens is 5. The molecule has 3 aromatic rings. The molecule has 0 spiro atoms. The lowest BCUT2D eigenvalue weighted by molar-refractivity contribution is 0.102. The van der Waals surface area contributed by atoms with E-state index in [2.05, 4.69) is 35.8 Å². The lowest BCUT2D eigenvalue weighted by atomic mass is 9.97. The number of amides is 1. The van der Waals surface area contributed by atoms with Crippen molar-refractivity contribution in [2.24, 2.45) is 11.7 Å². The van der Waals surface area contributed by atoms with Crippen LogP contribution in [-0.2, 0) is 0 Å². The van der Waals surface area contributed by atoms with E-state index in [0.717, 1.165) is 37.2 Å². The van der Waals surface area contributed by atoms with Crippen molar-refractivity contribution in [3.63, 3.8) is 0 Å². The summed E-state index contributed by atoms with van der Waals surface area (Å²) in [7, 11) is 0. The minimum Gasteiger partial charge on any atom is -0.370 e. The Morgan fingerprint density at radius 2 is 2.16 bits per heavy atom. The number of anilines is 2. The maximum Gasteiger partial charge on any atom is 0.273 e. The van der Waals surface area contributed by atoms with E-state index in [4.69, 9.17) is 28.9 Å². The van der Waals surface area contributed by atoms with Gasteiger partial charge in [0, 0.05) is 24.3 Å². The van der Waals surface area contributed by atoms with E-state index in [-0.39, 0.29) is 29.0 Å². The second-order valence-electron chi connectivity index (χ2n) is 7.36. The van der Waals surface area contributed by atoms with Crippen LogP contribution in [0.25, 0.3) is 11.4 Å². The van der Waals surface area contributed by atoms with Crippen molar-refractivity contribution in [1.82, 2.24) is 25.6 Å². The van der Waals surface area contributed by atoms with Gasteiger partial charge in [0.1, 0.15) is 5.69 Å². The van der Waals surface area contributed by atoms with Gasteiger partial charge in [-0.1, -0.05) is 23.2 Å². The molecule has 1 saturated heterocycles. The predicted molar refractivity (Wildman–Crippen MR) is 124 cm³/mol. The summed E-state index contributed by atoms with van der Waals surface area (Å²) >= 11 is 12.3. The zero-order chi connectivity index (χ0) is 21.3. The average molecular weight is 486 g/mol. The molecule has 1 aliphatic heterocycles. The highest BCUT2D eigenvalue weighted by atomic mass is 35.5. The van der Waals surface area contributed by atoms with Gasteiger partial charge in [0.05, 0.1) is 21.4 Å². The van der Waals surface area contributed by atoms with Crippen molar-refractivity contribution in [1.29, 1.82) is 0 Å². The number of halogens is 3. The van der Waals surface area contributed by atoms with Crippen LogP contribution in [0.2, 0.25) is 10.0 Å². The van der Waals surface area contributed by atoms with Gasteiger partial charge in [0.25, 0.3) is 5.91 Å². The summed E-state index contributed by atoms with van der Waals surface area (Å²) in [5, 5.41) is 17.7. The molecule has 1 aromatic carbocycles. The lowest BCUT2D eigenvalue weighted by Gasteiger charge is -2.35. The predicted octanol–water partition coefficient (Wildman–Crippen LogP) is 3.66. The Morgan fingerprint density at radius 3 is 2.81 bits per heavy atom. The molecule has 1 unspecified atom stereocenters. The highest BCUT2D eigenvalue weighted by Gasteiger charge is 2.24. The zero-order valence-electron chi connectivity index (χ0n) is 16.8. The van der Waals surface area contributed by atoms with Gasteiger partial charge in [0.2, 0.25) is 5.82 Å². The number of aryl methyl sites for hydroxylation is 1. The van der Waals surface area contributed by atoms with Crippen LogP contribution in [0.4, 0.5) is 11.4 Å². The maximum atomic E-state index is 12.9. The molecule has 0 radical (unpaired) electrons. The van der Waals surface area contributed by atoms with E-state index >= 15 is 0 Å². The summed E-state index contributed by atoms with van der Waals surface area (Å²) in [6, 6.07) is 5.62. The Kier molecular flexibility index (Phi) is 7.42. The minimum absolute atomic E-state index is 0. The number of rotatable bonds is 5. The number of piperidine rings is 1. The molecule has 1 fully saturated rings. The molecule has 9 nitrogen and oxygen atoms in total. The van der Waals surface area contributed by atoms with Crippen LogP contribution >= 0.6 is 35.6 Å². The monoisotopic (exact) mass is 484 g/mol. The van der Waals surface area contributed by atoms with Crippen LogP contribution in [-0.4, -0.2) is 51.1 Å². The first-order valence-electron chi connectivity index (χ1n) is 9.65. The number of nitrogens with two attached hydrogens (primary N) is 1. The van der Waals surface area contributed by atoms with Gasteiger partial charge in [-0.25, -0.2) is 0 Å². The first-order valence-corrected chi connectivity index (χ1v) is 10.4.